The number of hydrogen-bond donors (Lipinski definition) is 5. The highest BCUT2D eigenvalue weighted by Gasteiger charge is 2.61. The van der Waals surface area contributed by atoms with Crippen molar-refractivity contribution in [3.63, 3.8) is 0 Å². The van der Waals surface area contributed by atoms with Gasteiger partial charge in [0, 0.05) is 18.6 Å². The van der Waals surface area contributed by atoms with E-state index in [2.05, 4.69) is 0 Å². The molecule has 0 heterocycles. The minimum absolute atomic E-state index is 1.01. The second-order valence-electron chi connectivity index (χ2n) is 2.47. The van der Waals surface area contributed by atoms with E-state index in [0.717, 1.165) is 7.05 Å². The lowest BCUT2D eigenvalue weighted by Gasteiger charge is -2.19. The maximum Gasteiger partial charge on any atom is 0.543 e. The van der Waals surface area contributed by atoms with E-state index in [9.17, 15) is 19.2 Å². The Morgan fingerprint density at radius 3 is 1.62 bits per heavy atom. The summed E-state index contributed by atoms with van der Waals surface area (Å²) in [4.78, 5) is 44.2. The van der Waals surface area contributed by atoms with E-state index in [-0.39, 0.29) is 0 Å². The molecule has 6 amide bonds. The van der Waals surface area contributed by atoms with Crippen LogP contribution in [0, 0.1) is 0 Å². The molecule has 0 unspecified atom stereocenters. The maximum absolute atomic E-state index is 11.3. The van der Waals surface area contributed by atoms with Crippen molar-refractivity contribution < 1.29 is 33.9 Å². The van der Waals surface area contributed by atoms with Gasteiger partial charge < -0.3 is 15.5 Å². The van der Waals surface area contributed by atoms with Gasteiger partial charge in [0.2, 0.25) is 0 Å². The lowest BCUT2D eigenvalue weighted by atomic mass is 10.5. The van der Waals surface area contributed by atoms with Gasteiger partial charge in [-0.25, -0.2) is 20.4 Å². The fraction of sp³-hybridized carbons (Fsp3) is 0.333. The Hall–Kier alpha value is -2.20. The highest BCUT2D eigenvalue weighted by molar-refractivity contribution is 6.03. The van der Waals surface area contributed by atoms with Crippen molar-refractivity contribution in [1.82, 2.24) is 16.2 Å². The van der Waals surface area contributed by atoms with E-state index < -0.39 is 28.7 Å². The number of hydrogen-bond acceptors (Lipinski definition) is 5. The molecule has 0 saturated carbocycles. The van der Waals surface area contributed by atoms with E-state index >= 15 is 0 Å². The molecular formula is C6H11N4O6+. The molecule has 0 aliphatic heterocycles. The Bertz CT molecular complexity index is 326. The van der Waals surface area contributed by atoms with E-state index in [1.54, 1.807) is 10.7 Å². The van der Waals surface area contributed by atoms with E-state index in [1.807, 2.05) is 5.43 Å². The summed E-state index contributed by atoms with van der Waals surface area (Å²) < 4.78 is -2.45. The topological polar surface area (TPSA) is 145 Å². The molecule has 0 aromatic rings. The van der Waals surface area contributed by atoms with Gasteiger partial charge in [-0.15, -0.1) is 0 Å². The average Bonchev–Trinajstić information content (AvgIpc) is 2.17. The van der Waals surface area contributed by atoms with Crippen LogP contribution < -0.4 is 16.2 Å². The first kappa shape index (κ1) is 13.8. The Labute approximate surface area is 89.4 Å². The number of rotatable bonds is 1. The molecule has 10 heteroatoms. The third-order valence-electron chi connectivity index (χ3n) is 1.63. The number of nitrogens with one attached hydrogen (secondary N) is 3. The number of imide groups is 6. The molecule has 0 saturated heterocycles. The molecule has 0 aromatic carbocycles. The van der Waals surface area contributed by atoms with Gasteiger partial charge in [0.05, 0.1) is 0 Å². The molecule has 90 valence electrons. The predicted molar refractivity (Wildman–Crippen MR) is 48.4 cm³/mol. The Morgan fingerprint density at radius 1 is 0.938 bits per heavy atom. The van der Waals surface area contributed by atoms with Gasteiger partial charge in [0.1, 0.15) is 0 Å². The molecule has 0 bridgehead atoms. The Balaban J connectivity index is 5.63. The first-order chi connectivity index (χ1) is 7.35. The van der Waals surface area contributed by atoms with Crippen LogP contribution in [0.4, 0.5) is 19.2 Å². The summed E-state index contributed by atoms with van der Waals surface area (Å²) in [6.45, 7) is 0. The van der Waals surface area contributed by atoms with Crippen LogP contribution in [0.25, 0.3) is 0 Å². The molecule has 0 rings (SSSR count). The summed E-state index contributed by atoms with van der Waals surface area (Å²) in [6, 6.07) is -3.06. The number of hydrazine groups is 1. The quantitative estimate of drug-likeness (QED) is 0.299. The second kappa shape index (κ2) is 5.04. The maximum atomic E-state index is 11.3. The number of quaternary nitrogens is 1. The third-order valence-corrected chi connectivity index (χ3v) is 1.63. The van der Waals surface area contributed by atoms with Crippen molar-refractivity contribution in [3.05, 3.63) is 0 Å². The summed E-state index contributed by atoms with van der Waals surface area (Å²) in [5, 5.41) is 19.3. The molecule has 0 radical (unpaired) electrons. The van der Waals surface area contributed by atoms with Crippen LogP contribution in [-0.2, 0) is 0 Å². The average molecular weight is 235 g/mol. The van der Waals surface area contributed by atoms with Crippen molar-refractivity contribution in [2.75, 3.05) is 14.1 Å². The summed E-state index contributed by atoms with van der Waals surface area (Å²) in [5.74, 6) is 0. The normalized spacial score (nSPS) is 10.4. The van der Waals surface area contributed by atoms with E-state index in [0.29, 0.717) is 0 Å². The molecule has 10 nitrogen and oxygen atoms in total. The summed E-state index contributed by atoms with van der Waals surface area (Å²) >= 11 is 0. The molecular weight excluding hydrogens is 224 g/mol. The molecule has 0 aliphatic rings. The highest BCUT2D eigenvalue weighted by Crippen LogP contribution is 2.10. The van der Waals surface area contributed by atoms with Gasteiger partial charge in [-0.3, -0.25) is 0 Å². The molecule has 0 atom stereocenters. The van der Waals surface area contributed by atoms with Gasteiger partial charge in [-0.05, 0) is 0 Å². The zero-order chi connectivity index (χ0) is 12.9. The smallest absolute Gasteiger partial charge is 0.434 e. The molecule has 5 N–H and O–H groups in total. The first-order valence-electron chi connectivity index (χ1n) is 3.91. The minimum Gasteiger partial charge on any atom is -0.434 e. The summed E-state index contributed by atoms with van der Waals surface area (Å²) in [6.07, 6.45) is -4.28. The van der Waals surface area contributed by atoms with Crippen LogP contribution in [0.15, 0.2) is 0 Å². The monoisotopic (exact) mass is 235 g/mol. The summed E-state index contributed by atoms with van der Waals surface area (Å²) in [5.41, 5.74) is 3.76. The van der Waals surface area contributed by atoms with Crippen LogP contribution in [-0.4, -0.2) is 53.0 Å². The van der Waals surface area contributed by atoms with Gasteiger partial charge in [-0.2, -0.15) is 9.59 Å². The number of carbonyl (C=O) groups excluding carboxylic acids is 2. The lowest BCUT2D eigenvalue weighted by Crippen LogP contribution is -2.69. The highest BCUT2D eigenvalue weighted by atomic mass is 16.5. The van der Waals surface area contributed by atoms with Gasteiger partial charge in [0.15, 0.2) is 0 Å². The minimum atomic E-state index is -2.45. The molecule has 0 fully saturated rings. The van der Waals surface area contributed by atoms with Crippen LogP contribution in [0.3, 0.4) is 0 Å². The number of carboxylic acid groups (broad SMARTS) is 2. The third kappa shape index (κ3) is 1.92. The number of carbonyl (C=O) groups is 4. The number of urea groups is 2. The molecule has 0 aliphatic carbocycles. The lowest BCUT2D eigenvalue weighted by molar-refractivity contribution is -0.614. The van der Waals surface area contributed by atoms with Crippen LogP contribution in [0.1, 0.15) is 0 Å². The fourth-order valence-electron chi connectivity index (χ4n) is 0.880. The second-order valence-corrected chi connectivity index (χ2v) is 2.47. The van der Waals surface area contributed by atoms with Crippen molar-refractivity contribution >= 4 is 24.2 Å². The van der Waals surface area contributed by atoms with Gasteiger partial charge in [0.25, 0.3) is 0 Å². The van der Waals surface area contributed by atoms with Crippen molar-refractivity contribution in [3.8, 4) is 0 Å². The fourth-order valence-corrected chi connectivity index (χ4v) is 0.880. The number of nitrogens with zero attached hydrogens (tertiary/aromatic N) is 1. The zero-order valence-electron chi connectivity index (χ0n) is 8.47. The Kier molecular flexibility index (Phi) is 4.35. The van der Waals surface area contributed by atoms with Crippen molar-refractivity contribution in [2.24, 2.45) is 0 Å². The largest absolute Gasteiger partial charge is 0.543 e. The molecule has 16 heavy (non-hydrogen) atoms. The standard InChI is InChI=1S/C6H10N4O6/c1-7-3(11)10(5(13)14,6(15)16)4(12)9-8-2/h8H,1-2H3,(H3-,7,9,11,12,13,14,15,16)/p+1. The van der Waals surface area contributed by atoms with Gasteiger partial charge >= 0.3 is 24.2 Å². The van der Waals surface area contributed by atoms with Crippen molar-refractivity contribution in [1.29, 1.82) is 0 Å². The summed E-state index contributed by atoms with van der Waals surface area (Å²) in [7, 11) is 2.22. The van der Waals surface area contributed by atoms with Crippen LogP contribution in [0.5, 0.6) is 0 Å². The Morgan fingerprint density at radius 2 is 1.38 bits per heavy atom. The van der Waals surface area contributed by atoms with Gasteiger partial charge in [-0.1, -0.05) is 0 Å². The van der Waals surface area contributed by atoms with E-state index in [4.69, 9.17) is 10.2 Å². The first-order valence-corrected chi connectivity index (χ1v) is 3.91. The SMILES string of the molecule is CNNC(=O)[N+](C(=O)O)(C(=O)O)C(=O)NC. The number of amides is 6. The van der Waals surface area contributed by atoms with Crippen molar-refractivity contribution in [2.45, 2.75) is 0 Å². The molecule has 0 spiro atoms. The zero-order valence-corrected chi connectivity index (χ0v) is 8.47. The van der Waals surface area contributed by atoms with Crippen LogP contribution in [0.2, 0.25) is 0 Å². The predicted octanol–water partition coefficient (Wildman–Crippen LogP) is -0.657. The molecule has 0 aromatic heterocycles. The van der Waals surface area contributed by atoms with E-state index in [1.165, 1.54) is 7.05 Å². The van der Waals surface area contributed by atoms with Crippen LogP contribution >= 0.6 is 0 Å².